The first kappa shape index (κ1) is 22.1. The van der Waals surface area contributed by atoms with Crippen molar-refractivity contribution < 1.29 is 31.7 Å². The van der Waals surface area contributed by atoms with E-state index in [-0.39, 0.29) is 30.0 Å². The molecule has 1 rings (SSSR count). The Morgan fingerprint density at radius 1 is 1.08 bits per heavy atom. The van der Waals surface area contributed by atoms with Crippen LogP contribution in [0.25, 0.3) is 0 Å². The van der Waals surface area contributed by atoms with Crippen LogP contribution in [0.1, 0.15) is 39.2 Å². The van der Waals surface area contributed by atoms with Crippen LogP contribution in [-0.4, -0.2) is 39.7 Å². The molecule has 0 aliphatic rings. The Kier molecular flexibility index (Phi) is 8.74. The molecule has 0 amide bonds. The number of aryl methyl sites for hydroxylation is 1. The van der Waals surface area contributed by atoms with E-state index in [2.05, 4.69) is 0 Å². The van der Waals surface area contributed by atoms with Gasteiger partial charge in [-0.2, -0.15) is 8.42 Å². The van der Waals surface area contributed by atoms with Gasteiger partial charge in [0.15, 0.2) is 0 Å². The molecule has 1 aromatic rings. The molecule has 0 spiro atoms. The zero-order chi connectivity index (χ0) is 19.7. The number of carbonyl (C=O) groups excluding carboxylic acids is 2. The van der Waals surface area contributed by atoms with Gasteiger partial charge in [0.1, 0.15) is 6.10 Å². The van der Waals surface area contributed by atoms with E-state index >= 15 is 0 Å². The number of hydrogen-bond acceptors (Lipinski definition) is 7. The zero-order valence-corrected chi connectivity index (χ0v) is 16.4. The van der Waals surface area contributed by atoms with E-state index in [1.165, 1.54) is 26.0 Å². The minimum Gasteiger partial charge on any atom is -0.466 e. The Morgan fingerprint density at radius 3 is 2.23 bits per heavy atom. The van der Waals surface area contributed by atoms with E-state index < -0.39 is 22.2 Å². The largest absolute Gasteiger partial charge is 0.466 e. The summed E-state index contributed by atoms with van der Waals surface area (Å²) in [5.74, 6) is -1.19. The van der Waals surface area contributed by atoms with Crippen molar-refractivity contribution in [1.82, 2.24) is 0 Å². The molecule has 8 heteroatoms. The monoisotopic (exact) mass is 386 g/mol. The molecule has 1 aromatic carbocycles. The van der Waals surface area contributed by atoms with Crippen LogP contribution in [0.2, 0.25) is 0 Å². The highest BCUT2D eigenvalue weighted by Crippen LogP contribution is 2.19. The van der Waals surface area contributed by atoms with E-state index in [9.17, 15) is 18.0 Å². The molecule has 0 saturated carbocycles. The summed E-state index contributed by atoms with van der Waals surface area (Å²) in [7, 11) is -3.88. The van der Waals surface area contributed by atoms with E-state index in [4.69, 9.17) is 13.7 Å². The van der Waals surface area contributed by atoms with Gasteiger partial charge in [0.25, 0.3) is 10.1 Å². The van der Waals surface area contributed by atoms with Crippen molar-refractivity contribution in [2.75, 3.05) is 13.2 Å². The molecule has 0 aliphatic carbocycles. The summed E-state index contributed by atoms with van der Waals surface area (Å²) in [6, 6.07) is 6.35. The van der Waals surface area contributed by atoms with Crippen molar-refractivity contribution in [1.29, 1.82) is 0 Å². The third kappa shape index (κ3) is 7.97. The molecule has 2 atom stereocenters. The first-order valence-electron chi connectivity index (χ1n) is 8.38. The average molecular weight is 386 g/mol. The molecule has 0 heterocycles. The molecule has 7 nitrogen and oxygen atoms in total. The minimum atomic E-state index is -3.88. The van der Waals surface area contributed by atoms with Crippen LogP contribution < -0.4 is 0 Å². The maximum atomic E-state index is 12.2. The lowest BCUT2D eigenvalue weighted by Crippen LogP contribution is -2.29. The van der Waals surface area contributed by atoms with Gasteiger partial charge in [-0.1, -0.05) is 24.6 Å². The second kappa shape index (κ2) is 10.3. The normalized spacial score (nSPS) is 13.7. The Labute approximate surface area is 154 Å². The Balaban J connectivity index is 2.63. The van der Waals surface area contributed by atoms with Gasteiger partial charge in [0.2, 0.25) is 0 Å². The Morgan fingerprint density at radius 2 is 1.69 bits per heavy atom. The summed E-state index contributed by atoms with van der Waals surface area (Å²) in [5, 5.41) is 0. The summed E-state index contributed by atoms with van der Waals surface area (Å²) in [6.45, 7) is 6.29. The second-order valence-electron chi connectivity index (χ2n) is 6.16. The summed E-state index contributed by atoms with van der Waals surface area (Å²) in [4.78, 5) is 22.1. The molecule has 0 fully saturated rings. The third-order valence-electron chi connectivity index (χ3n) is 3.69. The first-order valence-corrected chi connectivity index (χ1v) is 9.79. The van der Waals surface area contributed by atoms with Gasteiger partial charge in [-0.25, -0.2) is 0 Å². The third-order valence-corrected chi connectivity index (χ3v) is 4.98. The molecule has 0 radical (unpaired) electrons. The van der Waals surface area contributed by atoms with Crippen LogP contribution in [0, 0.1) is 12.8 Å². The summed E-state index contributed by atoms with van der Waals surface area (Å²) in [6.07, 6.45) is 0.394. The maximum Gasteiger partial charge on any atom is 0.302 e. The summed E-state index contributed by atoms with van der Waals surface area (Å²) >= 11 is 0. The molecule has 0 saturated heterocycles. The van der Waals surface area contributed by atoms with Crippen LogP contribution in [0.3, 0.4) is 0 Å². The first-order chi connectivity index (χ1) is 12.1. The van der Waals surface area contributed by atoms with Crippen molar-refractivity contribution in [3.8, 4) is 0 Å². The van der Waals surface area contributed by atoms with Crippen LogP contribution in [0.4, 0.5) is 0 Å². The molecule has 0 N–H and O–H groups in total. The fraction of sp³-hybridized carbons (Fsp3) is 0.556. The Bertz CT molecular complexity index is 695. The quantitative estimate of drug-likeness (QED) is 0.346. The number of carbonyl (C=O) groups is 2. The van der Waals surface area contributed by atoms with Crippen molar-refractivity contribution in [3.63, 3.8) is 0 Å². The maximum absolute atomic E-state index is 12.2. The number of hydrogen-bond donors (Lipinski definition) is 0. The molecule has 0 aromatic heterocycles. The van der Waals surface area contributed by atoms with Gasteiger partial charge >= 0.3 is 11.9 Å². The van der Waals surface area contributed by atoms with Gasteiger partial charge in [0.05, 0.1) is 18.1 Å². The standard InChI is InChI=1S/C18H26O7S/c1-13-7-9-17(10-8-13)26(21,22)24-12-14(2)18(25-16(4)20)6-5-11-23-15(3)19/h7-10,14,18H,5-6,11-12H2,1-4H3/t14-,18+/m1/s1. The highest BCUT2D eigenvalue weighted by molar-refractivity contribution is 7.86. The fourth-order valence-corrected chi connectivity index (χ4v) is 3.25. The smallest absolute Gasteiger partial charge is 0.302 e. The highest BCUT2D eigenvalue weighted by atomic mass is 32.2. The summed E-state index contributed by atoms with van der Waals surface area (Å²) < 4.78 is 39.7. The van der Waals surface area contributed by atoms with E-state index in [0.717, 1.165) is 5.56 Å². The average Bonchev–Trinajstić information content (AvgIpc) is 2.55. The van der Waals surface area contributed by atoms with Crippen molar-refractivity contribution in [2.45, 2.75) is 51.5 Å². The van der Waals surface area contributed by atoms with Crippen molar-refractivity contribution >= 4 is 22.1 Å². The highest BCUT2D eigenvalue weighted by Gasteiger charge is 2.24. The lowest BCUT2D eigenvalue weighted by molar-refractivity contribution is -0.151. The topological polar surface area (TPSA) is 96.0 Å². The van der Waals surface area contributed by atoms with Gasteiger partial charge in [0, 0.05) is 19.8 Å². The lowest BCUT2D eigenvalue weighted by atomic mass is 10.0. The van der Waals surface area contributed by atoms with Gasteiger partial charge in [-0.15, -0.1) is 0 Å². The predicted molar refractivity (Wildman–Crippen MR) is 94.9 cm³/mol. The number of rotatable bonds is 10. The number of ether oxygens (including phenoxy) is 2. The van der Waals surface area contributed by atoms with Gasteiger partial charge in [-0.05, 0) is 31.9 Å². The molecule has 0 bridgehead atoms. The van der Waals surface area contributed by atoms with Crippen molar-refractivity contribution in [2.24, 2.45) is 5.92 Å². The molecular weight excluding hydrogens is 360 g/mol. The predicted octanol–water partition coefficient (Wildman–Crippen LogP) is 2.61. The second-order valence-corrected chi connectivity index (χ2v) is 7.77. The number of esters is 2. The summed E-state index contributed by atoms with van der Waals surface area (Å²) in [5.41, 5.74) is 0.944. The SMILES string of the molecule is CC(=O)OCCC[C@H](OC(C)=O)[C@H](C)COS(=O)(=O)c1ccc(C)cc1. The van der Waals surface area contributed by atoms with E-state index in [0.29, 0.717) is 12.8 Å². The van der Waals surface area contributed by atoms with Gasteiger partial charge in [-0.3, -0.25) is 13.8 Å². The van der Waals surface area contributed by atoms with Crippen molar-refractivity contribution in [3.05, 3.63) is 29.8 Å². The van der Waals surface area contributed by atoms with E-state index in [1.807, 2.05) is 6.92 Å². The van der Waals surface area contributed by atoms with Crippen LogP contribution in [0.5, 0.6) is 0 Å². The molecule has 0 unspecified atom stereocenters. The molecular formula is C18H26O7S. The van der Waals surface area contributed by atoms with E-state index in [1.54, 1.807) is 19.1 Å². The molecule has 26 heavy (non-hydrogen) atoms. The lowest BCUT2D eigenvalue weighted by Gasteiger charge is -2.23. The fourth-order valence-electron chi connectivity index (χ4n) is 2.25. The van der Waals surface area contributed by atoms with Crippen LogP contribution in [0.15, 0.2) is 29.2 Å². The molecule has 146 valence electrons. The van der Waals surface area contributed by atoms with Crippen LogP contribution in [-0.2, 0) is 33.4 Å². The van der Waals surface area contributed by atoms with Crippen LogP contribution >= 0.6 is 0 Å². The minimum absolute atomic E-state index is 0.0780. The zero-order valence-electron chi connectivity index (χ0n) is 15.6. The molecule has 0 aliphatic heterocycles. The Hall–Kier alpha value is -1.93. The number of benzene rings is 1. The van der Waals surface area contributed by atoms with Gasteiger partial charge < -0.3 is 9.47 Å².